The topological polar surface area (TPSA) is 45.3 Å². The summed E-state index contributed by atoms with van der Waals surface area (Å²) in [6, 6.07) is 4.96. The smallest absolute Gasteiger partial charge is 0.148 e. The van der Waals surface area contributed by atoms with E-state index < -0.39 is 0 Å². The van der Waals surface area contributed by atoms with Gasteiger partial charge in [-0.3, -0.25) is 0 Å². The molecule has 0 bridgehead atoms. The van der Waals surface area contributed by atoms with Gasteiger partial charge in [-0.2, -0.15) is 0 Å². The average Bonchev–Trinajstić information content (AvgIpc) is 2.98. The third kappa shape index (κ3) is 2.36. The van der Waals surface area contributed by atoms with Gasteiger partial charge >= 0.3 is 0 Å². The van der Waals surface area contributed by atoms with Crippen molar-refractivity contribution in [3.63, 3.8) is 0 Å². The maximum atomic E-state index is 11.5. The molecule has 1 N–H and O–H groups in total. The first-order chi connectivity index (χ1) is 11.8. The molecule has 4 heteroatoms. The number of piperidine rings is 1. The number of H-pyrrole nitrogens is 1. The fraction of sp³-hybridized carbons (Fsp3) is 0.524. The Kier molecular flexibility index (Phi) is 3.61. The number of methoxy groups -OCH3 is 1. The molecular weight excluding hydrogens is 312 g/mol. The van der Waals surface area contributed by atoms with Crippen LogP contribution >= 0.6 is 0 Å². The van der Waals surface area contributed by atoms with E-state index in [2.05, 4.69) is 54.9 Å². The van der Waals surface area contributed by atoms with Crippen LogP contribution in [0.4, 0.5) is 0 Å². The van der Waals surface area contributed by atoms with Gasteiger partial charge in [0.15, 0.2) is 0 Å². The van der Waals surface area contributed by atoms with E-state index in [0.717, 1.165) is 12.8 Å². The molecule has 1 aliphatic carbocycles. The molecule has 2 aliphatic rings. The molecule has 0 amide bonds. The quantitative estimate of drug-likeness (QED) is 0.809. The van der Waals surface area contributed by atoms with Crippen LogP contribution in [-0.2, 0) is 21.4 Å². The number of carbonyl (C=O) groups excluding carboxylic acids is 1. The van der Waals surface area contributed by atoms with Crippen LogP contribution in [0.3, 0.4) is 0 Å². The Morgan fingerprint density at radius 1 is 1.32 bits per heavy atom. The van der Waals surface area contributed by atoms with Gasteiger partial charge in [0, 0.05) is 43.2 Å². The molecule has 2 aromatic rings. The number of nitrogens with one attached hydrogen (secondary N) is 1. The molecule has 1 aromatic carbocycles. The van der Waals surface area contributed by atoms with Crippen molar-refractivity contribution in [3.8, 4) is 0 Å². The van der Waals surface area contributed by atoms with Gasteiger partial charge in [-0.05, 0) is 41.0 Å². The van der Waals surface area contributed by atoms with E-state index in [9.17, 15) is 4.79 Å². The molecule has 0 saturated carbocycles. The Labute approximate surface area is 148 Å². The normalized spacial score (nSPS) is 25.9. The van der Waals surface area contributed by atoms with E-state index >= 15 is 0 Å². The third-order valence-electron chi connectivity index (χ3n) is 6.09. The van der Waals surface area contributed by atoms with E-state index in [1.807, 2.05) is 7.05 Å². The molecule has 1 aromatic heterocycles. The number of ether oxygens (including phenoxy) is 1. The molecule has 4 rings (SSSR count). The fourth-order valence-electron chi connectivity index (χ4n) is 4.62. The predicted octanol–water partition coefficient (Wildman–Crippen LogP) is 3.54. The van der Waals surface area contributed by atoms with Gasteiger partial charge in [0.05, 0.1) is 0 Å². The van der Waals surface area contributed by atoms with Gasteiger partial charge in [-0.25, -0.2) is 4.79 Å². The van der Waals surface area contributed by atoms with Crippen LogP contribution in [0.5, 0.6) is 0 Å². The van der Waals surface area contributed by atoms with Gasteiger partial charge < -0.3 is 14.6 Å². The van der Waals surface area contributed by atoms with Gasteiger partial charge in [0.2, 0.25) is 0 Å². The lowest BCUT2D eigenvalue weighted by atomic mass is 9.72. The van der Waals surface area contributed by atoms with Crippen LogP contribution in [0, 0.1) is 0 Å². The van der Waals surface area contributed by atoms with Crippen LogP contribution in [0.25, 0.3) is 10.9 Å². The van der Waals surface area contributed by atoms with Crippen LogP contribution in [0.15, 0.2) is 24.0 Å². The number of aromatic nitrogens is 1. The second-order valence-electron chi connectivity index (χ2n) is 8.49. The molecule has 0 spiro atoms. The number of benzene rings is 1. The van der Waals surface area contributed by atoms with Crippen molar-refractivity contribution in [3.05, 3.63) is 40.7 Å². The summed E-state index contributed by atoms with van der Waals surface area (Å²) in [6.07, 6.45) is 3.74. The minimum atomic E-state index is -0.183. The Morgan fingerprint density at radius 2 is 2.08 bits per heavy atom. The first kappa shape index (κ1) is 16.4. The first-order valence-electron chi connectivity index (χ1n) is 9.00. The summed E-state index contributed by atoms with van der Waals surface area (Å²) in [5.74, 6) is 2.49. The highest BCUT2D eigenvalue weighted by Gasteiger charge is 2.42. The lowest BCUT2D eigenvalue weighted by Crippen LogP contribution is -2.49. The maximum absolute atomic E-state index is 11.5. The summed E-state index contributed by atoms with van der Waals surface area (Å²) >= 11 is 0. The van der Waals surface area contributed by atoms with Crippen molar-refractivity contribution in [1.29, 1.82) is 0 Å². The number of fused-ring (bicyclic) bond motifs is 2. The third-order valence-corrected chi connectivity index (χ3v) is 6.09. The largest absolute Gasteiger partial charge is 0.374 e. The van der Waals surface area contributed by atoms with E-state index in [1.165, 1.54) is 27.6 Å². The van der Waals surface area contributed by atoms with Crippen molar-refractivity contribution in [2.24, 2.45) is 0 Å². The zero-order valence-corrected chi connectivity index (χ0v) is 15.6. The second kappa shape index (κ2) is 5.48. The molecule has 1 aliphatic heterocycles. The molecule has 2 heterocycles. The zero-order chi connectivity index (χ0) is 17.9. The molecule has 1 saturated heterocycles. The predicted molar refractivity (Wildman–Crippen MR) is 99.6 cm³/mol. The fourth-order valence-corrected chi connectivity index (χ4v) is 4.62. The summed E-state index contributed by atoms with van der Waals surface area (Å²) in [5, 5.41) is 1.37. The highest BCUT2D eigenvalue weighted by molar-refractivity contribution is 5.89. The molecule has 132 valence electrons. The second-order valence-corrected chi connectivity index (χ2v) is 8.49. The summed E-state index contributed by atoms with van der Waals surface area (Å²) in [7, 11) is 3.69. The monoisotopic (exact) mass is 338 g/mol. The lowest BCUT2D eigenvalue weighted by Gasteiger charge is -2.46. The highest BCUT2D eigenvalue weighted by Crippen LogP contribution is 2.46. The minimum Gasteiger partial charge on any atom is -0.374 e. The van der Waals surface area contributed by atoms with E-state index in [0.29, 0.717) is 11.6 Å². The maximum Gasteiger partial charge on any atom is 0.148 e. The molecule has 0 unspecified atom stereocenters. The highest BCUT2D eigenvalue weighted by atomic mass is 16.5. The minimum absolute atomic E-state index is 0.0952. The number of likely N-dealkylation sites (N-methyl/N-ethyl adjacent to an activating group) is 1. The summed E-state index contributed by atoms with van der Waals surface area (Å²) in [4.78, 5) is 17.1. The van der Waals surface area contributed by atoms with Crippen molar-refractivity contribution in [1.82, 2.24) is 9.88 Å². The summed E-state index contributed by atoms with van der Waals surface area (Å²) in [5.41, 5.74) is 6.05. The number of hydrogen-bond acceptors (Lipinski definition) is 3. The van der Waals surface area contributed by atoms with Crippen molar-refractivity contribution >= 4 is 16.8 Å². The zero-order valence-electron chi connectivity index (χ0n) is 15.6. The molecule has 0 radical (unpaired) electrons. The Hall–Kier alpha value is -2.03. The van der Waals surface area contributed by atoms with Crippen LogP contribution in [0.1, 0.15) is 49.8 Å². The van der Waals surface area contributed by atoms with E-state index in [4.69, 9.17) is 4.74 Å². The Morgan fingerprint density at radius 3 is 2.72 bits per heavy atom. The number of hydrogen-bond donors (Lipinski definition) is 1. The number of likely N-dealkylation sites (tertiary alicyclic amines) is 1. The van der Waals surface area contributed by atoms with Crippen LogP contribution in [0.2, 0.25) is 0 Å². The molecule has 1 fully saturated rings. The summed E-state index contributed by atoms with van der Waals surface area (Å²) in [6.45, 7) is 6.76. The average molecular weight is 338 g/mol. The van der Waals surface area contributed by atoms with Gasteiger partial charge in [-0.1, -0.05) is 26.8 Å². The van der Waals surface area contributed by atoms with Crippen molar-refractivity contribution in [2.75, 3.05) is 14.2 Å². The number of nitrogens with zero attached hydrogens (tertiary/aromatic N) is 1. The molecular formula is C21H26N2O2. The molecule has 3 atom stereocenters. The summed E-state index contributed by atoms with van der Waals surface area (Å²) < 4.78 is 5.63. The van der Waals surface area contributed by atoms with Gasteiger partial charge in [0.1, 0.15) is 17.7 Å². The lowest BCUT2D eigenvalue weighted by molar-refractivity contribution is 0.0462. The van der Waals surface area contributed by atoms with E-state index in [-0.39, 0.29) is 17.6 Å². The SMILES string of the molecule is CO[C@@H]1C[C@@H]2c3cc(C(C)(C)C)cc4[nH]cc(c34)C[C@H]2N(C)C1=C=O. The first-order valence-corrected chi connectivity index (χ1v) is 9.00. The van der Waals surface area contributed by atoms with Gasteiger partial charge in [0.25, 0.3) is 0 Å². The van der Waals surface area contributed by atoms with Crippen molar-refractivity contribution in [2.45, 2.75) is 57.1 Å². The number of rotatable bonds is 1. The van der Waals surface area contributed by atoms with Gasteiger partial charge in [-0.15, -0.1) is 0 Å². The number of aromatic amines is 1. The van der Waals surface area contributed by atoms with Crippen LogP contribution < -0.4 is 0 Å². The Bertz CT molecular complexity index is 883. The standard InChI is InChI=1S/C21H26N2O2/c1-21(2,3)13-7-15-14-9-19(25-5)18(11-24)23(4)17(14)6-12-10-22-16(8-13)20(12)15/h7-8,10,14,17,19,22H,6,9H2,1-5H3/t14-,17-,19-/m1/s1. The van der Waals surface area contributed by atoms with Crippen molar-refractivity contribution < 1.29 is 9.53 Å². The van der Waals surface area contributed by atoms with E-state index in [1.54, 1.807) is 7.11 Å². The molecule has 4 nitrogen and oxygen atoms in total. The molecule has 25 heavy (non-hydrogen) atoms. The van der Waals surface area contributed by atoms with Crippen LogP contribution in [-0.4, -0.2) is 42.1 Å². The Balaban J connectivity index is 1.91.